The molecule has 5 nitrogen and oxygen atoms in total. The summed E-state index contributed by atoms with van der Waals surface area (Å²) in [5.41, 5.74) is 1.03. The summed E-state index contributed by atoms with van der Waals surface area (Å²) in [5.74, 6) is 0.383. The number of halogens is 1. The highest BCUT2D eigenvalue weighted by Gasteiger charge is 2.17. The third-order valence-electron chi connectivity index (χ3n) is 3.55. The van der Waals surface area contributed by atoms with E-state index in [2.05, 4.69) is 10.3 Å². The third kappa shape index (κ3) is 3.96. The summed E-state index contributed by atoms with van der Waals surface area (Å²) in [6, 6.07) is 8.06. The number of nitrogens with one attached hydrogen (secondary N) is 1. The van der Waals surface area contributed by atoms with Crippen molar-refractivity contribution in [3.8, 4) is 6.07 Å². The number of oxazole rings is 1. The Morgan fingerprint density at radius 3 is 2.87 bits per heavy atom. The Bertz CT molecular complexity index is 725. The zero-order chi connectivity index (χ0) is 16.1. The van der Waals surface area contributed by atoms with Crippen molar-refractivity contribution in [2.24, 2.45) is 0 Å². The van der Waals surface area contributed by atoms with Gasteiger partial charge in [0.15, 0.2) is 0 Å². The van der Waals surface area contributed by atoms with Gasteiger partial charge in [-0.25, -0.2) is 4.39 Å². The molecule has 0 amide bonds. The van der Waals surface area contributed by atoms with Crippen molar-refractivity contribution in [1.82, 2.24) is 4.98 Å². The first-order chi connectivity index (χ1) is 11.2. The first kappa shape index (κ1) is 15.3. The molecular formula is C17H16FN3O2. The Morgan fingerprint density at radius 2 is 2.17 bits per heavy atom. The van der Waals surface area contributed by atoms with E-state index in [0.717, 1.165) is 25.0 Å². The molecule has 1 atom stereocenters. The van der Waals surface area contributed by atoms with Gasteiger partial charge in [0, 0.05) is 19.2 Å². The zero-order valence-electron chi connectivity index (χ0n) is 12.5. The van der Waals surface area contributed by atoms with Crippen LogP contribution >= 0.6 is 0 Å². The third-order valence-corrected chi connectivity index (χ3v) is 3.55. The van der Waals surface area contributed by atoms with Gasteiger partial charge >= 0.3 is 0 Å². The van der Waals surface area contributed by atoms with E-state index in [4.69, 9.17) is 14.4 Å². The number of hydrogen-bond donors (Lipinski definition) is 1. The fraction of sp³-hybridized carbons (Fsp3) is 0.294. The number of aromatic nitrogens is 1. The Labute approximate surface area is 133 Å². The smallest absolute Gasteiger partial charge is 0.232 e. The van der Waals surface area contributed by atoms with Crippen molar-refractivity contribution >= 4 is 18.0 Å². The molecule has 1 unspecified atom stereocenters. The summed E-state index contributed by atoms with van der Waals surface area (Å²) in [4.78, 5) is 4.11. The molecule has 1 aliphatic heterocycles. The first-order valence-electron chi connectivity index (χ1n) is 7.44. The molecule has 23 heavy (non-hydrogen) atoms. The van der Waals surface area contributed by atoms with Crippen LogP contribution in [0.15, 0.2) is 28.7 Å². The van der Waals surface area contributed by atoms with Gasteiger partial charge in [-0.1, -0.05) is 12.1 Å². The Hall–Kier alpha value is -2.65. The molecule has 1 saturated heterocycles. The van der Waals surface area contributed by atoms with E-state index in [1.54, 1.807) is 24.3 Å². The van der Waals surface area contributed by atoms with Crippen LogP contribution in [0.25, 0.3) is 12.2 Å². The second-order valence-corrected chi connectivity index (χ2v) is 5.24. The summed E-state index contributed by atoms with van der Waals surface area (Å²) in [6.07, 6.45) is 5.59. The van der Waals surface area contributed by atoms with Gasteiger partial charge in [0.05, 0.1) is 6.10 Å². The molecule has 0 radical (unpaired) electrons. The van der Waals surface area contributed by atoms with Crippen LogP contribution in [0.4, 0.5) is 10.3 Å². The lowest BCUT2D eigenvalue weighted by molar-refractivity contribution is 0.120. The minimum atomic E-state index is -0.286. The lowest BCUT2D eigenvalue weighted by Crippen LogP contribution is -2.18. The topological polar surface area (TPSA) is 71.1 Å². The fourth-order valence-corrected chi connectivity index (χ4v) is 2.36. The maximum absolute atomic E-state index is 12.9. The molecule has 118 valence electrons. The molecule has 0 aliphatic carbocycles. The van der Waals surface area contributed by atoms with E-state index < -0.39 is 0 Å². The second kappa shape index (κ2) is 7.07. The molecule has 6 heteroatoms. The van der Waals surface area contributed by atoms with Crippen LogP contribution in [0.3, 0.4) is 0 Å². The quantitative estimate of drug-likeness (QED) is 0.915. The van der Waals surface area contributed by atoms with Crippen molar-refractivity contribution in [3.05, 3.63) is 47.2 Å². The van der Waals surface area contributed by atoms with Crippen molar-refractivity contribution < 1.29 is 13.5 Å². The molecule has 0 spiro atoms. The van der Waals surface area contributed by atoms with Crippen molar-refractivity contribution in [3.63, 3.8) is 0 Å². The van der Waals surface area contributed by atoms with Crippen molar-refractivity contribution in [2.75, 3.05) is 18.5 Å². The summed E-state index contributed by atoms with van der Waals surface area (Å²) in [7, 11) is 0. The number of rotatable bonds is 5. The van der Waals surface area contributed by atoms with E-state index in [0.29, 0.717) is 18.3 Å². The lowest BCUT2D eigenvalue weighted by Gasteiger charge is -2.09. The summed E-state index contributed by atoms with van der Waals surface area (Å²) < 4.78 is 23.9. The van der Waals surface area contributed by atoms with E-state index in [-0.39, 0.29) is 17.6 Å². The number of ether oxygens (including phenoxy) is 1. The van der Waals surface area contributed by atoms with E-state index >= 15 is 0 Å². The molecular weight excluding hydrogens is 297 g/mol. The highest BCUT2D eigenvalue weighted by atomic mass is 19.1. The molecule has 0 bridgehead atoms. The molecule has 1 aliphatic rings. The lowest BCUT2D eigenvalue weighted by atomic mass is 10.2. The van der Waals surface area contributed by atoms with Gasteiger partial charge in [-0.05, 0) is 36.6 Å². The largest absolute Gasteiger partial charge is 0.420 e. The van der Waals surface area contributed by atoms with Crippen LogP contribution in [-0.4, -0.2) is 24.2 Å². The molecule has 1 N–H and O–H groups in total. The van der Waals surface area contributed by atoms with Crippen LogP contribution < -0.4 is 5.32 Å². The second-order valence-electron chi connectivity index (χ2n) is 5.24. The van der Waals surface area contributed by atoms with E-state index in [1.165, 1.54) is 12.1 Å². The number of nitriles is 1. The van der Waals surface area contributed by atoms with Gasteiger partial charge < -0.3 is 14.5 Å². The average molecular weight is 313 g/mol. The van der Waals surface area contributed by atoms with Gasteiger partial charge in [0.2, 0.25) is 17.5 Å². The minimum Gasteiger partial charge on any atom is -0.420 e. The number of benzene rings is 1. The number of nitrogens with zero attached hydrogens (tertiary/aromatic N) is 2. The number of hydrogen-bond acceptors (Lipinski definition) is 5. The minimum absolute atomic E-state index is 0.143. The highest BCUT2D eigenvalue weighted by molar-refractivity contribution is 5.67. The predicted molar refractivity (Wildman–Crippen MR) is 84.0 cm³/mol. The summed E-state index contributed by atoms with van der Waals surface area (Å²) in [6.45, 7) is 1.37. The Balaban J connectivity index is 1.68. The van der Waals surface area contributed by atoms with Gasteiger partial charge in [-0.2, -0.15) is 10.2 Å². The number of anilines is 1. The predicted octanol–water partition coefficient (Wildman–Crippen LogP) is 3.45. The fourth-order valence-electron chi connectivity index (χ4n) is 2.36. The van der Waals surface area contributed by atoms with E-state index in [9.17, 15) is 4.39 Å². The highest BCUT2D eigenvalue weighted by Crippen LogP contribution is 2.20. The average Bonchev–Trinajstić information content (AvgIpc) is 3.21. The van der Waals surface area contributed by atoms with Gasteiger partial charge in [-0.3, -0.25) is 0 Å². The van der Waals surface area contributed by atoms with Crippen LogP contribution in [0.5, 0.6) is 0 Å². The van der Waals surface area contributed by atoms with Crippen LogP contribution in [0.1, 0.15) is 30.0 Å². The van der Waals surface area contributed by atoms with Gasteiger partial charge in [-0.15, -0.1) is 0 Å². The Kier molecular flexibility index (Phi) is 4.69. The molecule has 3 rings (SSSR count). The molecule has 1 fully saturated rings. The van der Waals surface area contributed by atoms with Crippen LogP contribution in [0.2, 0.25) is 0 Å². The normalized spacial score (nSPS) is 17.5. The summed E-state index contributed by atoms with van der Waals surface area (Å²) in [5, 5.41) is 12.2. The van der Waals surface area contributed by atoms with Crippen molar-refractivity contribution in [1.29, 1.82) is 5.26 Å². The molecule has 1 aromatic carbocycles. The summed E-state index contributed by atoms with van der Waals surface area (Å²) >= 11 is 0. The molecule has 2 aromatic rings. The maximum atomic E-state index is 12.9. The van der Waals surface area contributed by atoms with E-state index in [1.807, 2.05) is 6.07 Å². The molecule has 1 aromatic heterocycles. The first-order valence-corrected chi connectivity index (χ1v) is 7.44. The van der Waals surface area contributed by atoms with Crippen molar-refractivity contribution in [2.45, 2.75) is 18.9 Å². The van der Waals surface area contributed by atoms with Crippen LogP contribution in [0, 0.1) is 17.1 Å². The monoisotopic (exact) mass is 313 g/mol. The Morgan fingerprint density at radius 1 is 1.35 bits per heavy atom. The molecule has 2 heterocycles. The van der Waals surface area contributed by atoms with Gasteiger partial charge in [0.1, 0.15) is 11.9 Å². The van der Waals surface area contributed by atoms with Crippen LogP contribution in [-0.2, 0) is 4.74 Å². The molecule has 0 saturated carbocycles. The standard InChI is InChI=1S/C17H16FN3O2/c18-13-6-3-12(4-7-13)5-8-16-21-15(10-19)17(23-16)20-11-14-2-1-9-22-14/h3-8,14,20H,1-2,9,11H2/b8-5+. The SMILES string of the molecule is N#Cc1nc(/C=C/c2ccc(F)cc2)oc1NCC1CCCO1. The van der Waals surface area contributed by atoms with Gasteiger partial charge in [0.25, 0.3) is 0 Å². The maximum Gasteiger partial charge on any atom is 0.232 e. The zero-order valence-corrected chi connectivity index (χ0v) is 12.5.